The molecule has 1 aromatic heterocycles. The largest absolute Gasteiger partial charge is 0.497 e. The second kappa shape index (κ2) is 8.76. The van der Waals surface area contributed by atoms with Gasteiger partial charge in [0.05, 0.1) is 21.3 Å². The quantitative estimate of drug-likeness (QED) is 0.588. The predicted octanol–water partition coefficient (Wildman–Crippen LogP) is 5.04. The maximum atomic E-state index is 5.34. The van der Waals surface area contributed by atoms with Crippen LogP contribution >= 0.6 is 0 Å². The van der Waals surface area contributed by atoms with Gasteiger partial charge in [0.15, 0.2) is 17.3 Å². The zero-order chi connectivity index (χ0) is 19.1. The molecule has 5 heteroatoms. The van der Waals surface area contributed by atoms with Gasteiger partial charge in [-0.2, -0.15) is 0 Å². The van der Waals surface area contributed by atoms with E-state index in [2.05, 4.69) is 5.16 Å². The van der Waals surface area contributed by atoms with Gasteiger partial charge in [0.2, 0.25) is 0 Å². The first-order chi connectivity index (χ1) is 13.2. The average molecular weight is 363 g/mol. The van der Waals surface area contributed by atoms with Gasteiger partial charge in [0.1, 0.15) is 11.4 Å². The fourth-order valence-corrected chi connectivity index (χ4v) is 2.49. The fraction of sp³-hybridized carbons (Fsp3) is 0.136. The molecule has 1 heterocycles. The van der Waals surface area contributed by atoms with Crippen molar-refractivity contribution in [2.45, 2.75) is 0 Å². The highest BCUT2D eigenvalue weighted by Gasteiger charge is 2.03. The van der Waals surface area contributed by atoms with Gasteiger partial charge in [-0.05, 0) is 47.5 Å². The van der Waals surface area contributed by atoms with Gasteiger partial charge < -0.3 is 18.7 Å². The van der Waals surface area contributed by atoms with Crippen molar-refractivity contribution in [1.29, 1.82) is 0 Å². The van der Waals surface area contributed by atoms with E-state index in [1.165, 1.54) is 0 Å². The van der Waals surface area contributed by atoms with Crippen LogP contribution in [0.25, 0.3) is 24.3 Å². The Morgan fingerprint density at radius 3 is 2.11 bits per heavy atom. The molecule has 0 saturated carbocycles. The Bertz CT molecular complexity index is 939. The Morgan fingerprint density at radius 2 is 1.41 bits per heavy atom. The molecule has 0 fully saturated rings. The van der Waals surface area contributed by atoms with Crippen molar-refractivity contribution < 1.29 is 18.7 Å². The van der Waals surface area contributed by atoms with Crippen molar-refractivity contribution >= 4 is 24.3 Å². The smallest absolute Gasteiger partial charge is 0.161 e. The molecule has 27 heavy (non-hydrogen) atoms. The molecule has 2 aromatic carbocycles. The summed E-state index contributed by atoms with van der Waals surface area (Å²) in [4.78, 5) is 0. The van der Waals surface area contributed by atoms with Crippen LogP contribution < -0.4 is 14.2 Å². The van der Waals surface area contributed by atoms with Gasteiger partial charge in [-0.15, -0.1) is 0 Å². The summed E-state index contributed by atoms with van der Waals surface area (Å²) >= 11 is 0. The van der Waals surface area contributed by atoms with Gasteiger partial charge in [-0.1, -0.05) is 35.5 Å². The van der Waals surface area contributed by atoms with E-state index in [9.17, 15) is 0 Å². The summed E-state index contributed by atoms with van der Waals surface area (Å²) in [6.07, 6.45) is 7.66. The zero-order valence-corrected chi connectivity index (χ0v) is 15.5. The van der Waals surface area contributed by atoms with Crippen LogP contribution in [0.2, 0.25) is 0 Å². The van der Waals surface area contributed by atoms with Crippen LogP contribution in [-0.2, 0) is 0 Å². The van der Waals surface area contributed by atoms with Crippen LogP contribution in [-0.4, -0.2) is 26.5 Å². The van der Waals surface area contributed by atoms with Crippen molar-refractivity contribution in [2.24, 2.45) is 0 Å². The van der Waals surface area contributed by atoms with Crippen LogP contribution in [0, 0.1) is 0 Å². The Labute approximate surface area is 158 Å². The van der Waals surface area contributed by atoms with Crippen LogP contribution in [0.5, 0.6) is 17.2 Å². The number of methoxy groups -OCH3 is 3. The first-order valence-corrected chi connectivity index (χ1v) is 8.41. The summed E-state index contributed by atoms with van der Waals surface area (Å²) in [7, 11) is 4.88. The number of hydrogen-bond donors (Lipinski definition) is 0. The normalized spacial score (nSPS) is 11.2. The molecule has 3 aromatic rings. The molecule has 0 amide bonds. The number of nitrogens with zero attached hydrogens (tertiary/aromatic N) is 1. The van der Waals surface area contributed by atoms with Crippen molar-refractivity contribution in [3.8, 4) is 17.2 Å². The van der Waals surface area contributed by atoms with Crippen LogP contribution in [0.3, 0.4) is 0 Å². The molecule has 0 bridgehead atoms. The molecule has 0 aliphatic rings. The Morgan fingerprint density at radius 1 is 0.704 bits per heavy atom. The topological polar surface area (TPSA) is 53.7 Å². The average Bonchev–Trinajstić information content (AvgIpc) is 3.18. The molecule has 0 atom stereocenters. The van der Waals surface area contributed by atoms with Crippen LogP contribution in [0.1, 0.15) is 22.6 Å². The molecule has 0 unspecified atom stereocenters. The molecular formula is C22H21NO4. The number of aromatic nitrogens is 1. The summed E-state index contributed by atoms with van der Waals surface area (Å²) in [5.41, 5.74) is 2.76. The second-order valence-electron chi connectivity index (χ2n) is 5.71. The summed E-state index contributed by atoms with van der Waals surface area (Å²) in [6.45, 7) is 0. The lowest BCUT2D eigenvalue weighted by Gasteiger charge is -2.07. The molecule has 5 nitrogen and oxygen atoms in total. The highest BCUT2D eigenvalue weighted by Crippen LogP contribution is 2.28. The predicted molar refractivity (Wildman–Crippen MR) is 107 cm³/mol. The van der Waals surface area contributed by atoms with E-state index in [0.717, 1.165) is 22.6 Å². The van der Waals surface area contributed by atoms with Gasteiger partial charge in [-0.3, -0.25) is 0 Å². The molecule has 0 spiro atoms. The van der Waals surface area contributed by atoms with E-state index < -0.39 is 0 Å². The van der Waals surface area contributed by atoms with Crippen molar-refractivity contribution in [3.05, 3.63) is 71.1 Å². The number of hydrogen-bond acceptors (Lipinski definition) is 5. The third-order valence-corrected chi connectivity index (χ3v) is 3.96. The molecule has 0 N–H and O–H groups in total. The summed E-state index contributed by atoms with van der Waals surface area (Å²) in [5, 5.41) is 4.06. The molecule has 0 radical (unpaired) electrons. The van der Waals surface area contributed by atoms with Crippen molar-refractivity contribution in [2.75, 3.05) is 21.3 Å². The monoisotopic (exact) mass is 363 g/mol. The van der Waals surface area contributed by atoms with E-state index in [1.54, 1.807) is 21.3 Å². The molecule has 3 rings (SSSR count). The maximum Gasteiger partial charge on any atom is 0.161 e. The Kier molecular flexibility index (Phi) is 5.94. The summed E-state index contributed by atoms with van der Waals surface area (Å²) in [6, 6.07) is 15.4. The molecular weight excluding hydrogens is 342 g/mol. The van der Waals surface area contributed by atoms with Crippen molar-refractivity contribution in [1.82, 2.24) is 5.16 Å². The molecule has 0 aliphatic heterocycles. The van der Waals surface area contributed by atoms with Gasteiger partial charge in [-0.25, -0.2) is 0 Å². The minimum atomic E-state index is 0.678. The SMILES string of the molecule is COc1ccc(/C=C/c2cc(/C=C/c3ccc(OC)c(OC)c3)no2)cc1. The van der Waals surface area contributed by atoms with E-state index in [1.807, 2.05) is 72.8 Å². The minimum absolute atomic E-state index is 0.678. The highest BCUT2D eigenvalue weighted by molar-refractivity contribution is 5.72. The molecule has 0 aliphatic carbocycles. The van der Waals surface area contributed by atoms with Gasteiger partial charge in [0, 0.05) is 6.07 Å². The minimum Gasteiger partial charge on any atom is -0.497 e. The number of benzene rings is 2. The lowest BCUT2D eigenvalue weighted by atomic mass is 10.1. The van der Waals surface area contributed by atoms with Crippen molar-refractivity contribution in [3.63, 3.8) is 0 Å². The third-order valence-electron chi connectivity index (χ3n) is 3.96. The van der Waals surface area contributed by atoms with E-state index in [-0.39, 0.29) is 0 Å². The van der Waals surface area contributed by atoms with Crippen LogP contribution in [0.15, 0.2) is 53.1 Å². The lowest BCUT2D eigenvalue weighted by molar-refractivity contribution is 0.355. The Balaban J connectivity index is 1.68. The number of rotatable bonds is 7. The van der Waals surface area contributed by atoms with Gasteiger partial charge >= 0.3 is 0 Å². The molecule has 138 valence electrons. The maximum absolute atomic E-state index is 5.34. The zero-order valence-electron chi connectivity index (χ0n) is 15.5. The summed E-state index contributed by atoms with van der Waals surface area (Å²) < 4.78 is 21.0. The van der Waals surface area contributed by atoms with Gasteiger partial charge in [0.25, 0.3) is 0 Å². The first-order valence-electron chi connectivity index (χ1n) is 8.41. The Hall–Kier alpha value is -3.47. The van der Waals surface area contributed by atoms with E-state index >= 15 is 0 Å². The van der Waals surface area contributed by atoms with E-state index in [0.29, 0.717) is 17.3 Å². The summed E-state index contributed by atoms with van der Waals surface area (Å²) in [5.74, 6) is 2.89. The van der Waals surface area contributed by atoms with Crippen LogP contribution in [0.4, 0.5) is 0 Å². The third kappa shape index (κ3) is 4.79. The second-order valence-corrected chi connectivity index (χ2v) is 5.71. The lowest BCUT2D eigenvalue weighted by Crippen LogP contribution is -1.90. The number of ether oxygens (including phenoxy) is 3. The first kappa shape index (κ1) is 18.3. The molecule has 0 saturated heterocycles. The standard InChI is InChI=1S/C22H21NO4/c1-24-19-10-5-16(6-11-19)7-12-20-15-18(23-27-20)9-4-17-8-13-21(25-2)22(14-17)26-3/h4-15H,1-3H3/b9-4+,12-7+. The van der Waals surface area contributed by atoms with E-state index in [4.69, 9.17) is 18.7 Å². The highest BCUT2D eigenvalue weighted by atomic mass is 16.5. The fourth-order valence-electron chi connectivity index (χ4n) is 2.49.